The van der Waals surface area contributed by atoms with Gasteiger partial charge >= 0.3 is 0 Å². The molecule has 1 atom stereocenters. The third-order valence-electron chi connectivity index (χ3n) is 2.40. The van der Waals surface area contributed by atoms with Crippen LogP contribution in [0.4, 0.5) is 0 Å². The van der Waals surface area contributed by atoms with Crippen LogP contribution in [0.3, 0.4) is 0 Å². The summed E-state index contributed by atoms with van der Waals surface area (Å²) >= 11 is 0. The predicted octanol–water partition coefficient (Wildman–Crippen LogP) is 1.55. The molecular weight excluding hydrogens is 178 g/mol. The van der Waals surface area contributed by atoms with Gasteiger partial charge in [0.2, 0.25) is 0 Å². The van der Waals surface area contributed by atoms with Crippen LogP contribution in [0.2, 0.25) is 0 Å². The van der Waals surface area contributed by atoms with Gasteiger partial charge in [-0.15, -0.1) is 0 Å². The molecule has 78 valence electrons. The van der Waals surface area contributed by atoms with Crippen molar-refractivity contribution in [2.24, 2.45) is 0 Å². The highest BCUT2D eigenvalue weighted by Gasteiger charge is 2.16. The van der Waals surface area contributed by atoms with Crippen molar-refractivity contribution in [1.29, 1.82) is 0 Å². The maximum Gasteiger partial charge on any atom is 0.159 e. The van der Waals surface area contributed by atoms with E-state index in [1.165, 1.54) is 6.42 Å². The van der Waals surface area contributed by atoms with E-state index in [0.29, 0.717) is 6.04 Å². The Labute approximate surface area is 84.3 Å². The molecule has 2 heterocycles. The highest BCUT2D eigenvalue weighted by Crippen LogP contribution is 2.16. The summed E-state index contributed by atoms with van der Waals surface area (Å²) in [5.41, 5.74) is 0. The van der Waals surface area contributed by atoms with Crippen LogP contribution < -0.4 is 10.1 Å². The Bertz CT molecular complexity index is 289. The van der Waals surface area contributed by atoms with Gasteiger partial charge in [0, 0.05) is 6.04 Å². The molecular formula is C10H17N3O. The molecule has 0 aliphatic carbocycles. The van der Waals surface area contributed by atoms with Crippen LogP contribution in [-0.2, 0) is 0 Å². The first kappa shape index (κ1) is 9.52. The molecule has 2 rings (SSSR count). The van der Waals surface area contributed by atoms with Crippen LogP contribution in [0.5, 0.6) is 5.75 Å². The second-order valence-corrected chi connectivity index (χ2v) is 3.95. The highest BCUT2D eigenvalue weighted by atomic mass is 16.5. The fourth-order valence-electron chi connectivity index (χ4n) is 1.58. The first-order chi connectivity index (χ1) is 6.75. The molecule has 4 heteroatoms. The van der Waals surface area contributed by atoms with E-state index < -0.39 is 0 Å². The summed E-state index contributed by atoms with van der Waals surface area (Å²) in [5.74, 6) is 0.859. The first-order valence-electron chi connectivity index (χ1n) is 5.20. The highest BCUT2D eigenvalue weighted by molar-refractivity contribution is 5.12. The van der Waals surface area contributed by atoms with E-state index in [0.717, 1.165) is 18.7 Å². The minimum absolute atomic E-state index is 0.180. The van der Waals surface area contributed by atoms with E-state index in [2.05, 4.69) is 24.3 Å². The van der Waals surface area contributed by atoms with Gasteiger partial charge in [-0.3, -0.25) is 10.00 Å². The van der Waals surface area contributed by atoms with Gasteiger partial charge in [-0.2, -0.15) is 5.10 Å². The van der Waals surface area contributed by atoms with Crippen molar-refractivity contribution in [3.05, 3.63) is 12.4 Å². The standard InChI is InChI=1S/C10H17N3O/c1-8(2)13-7-9(6-12-13)14-10-4-3-5-11-10/h6-8,10-11H,3-5H2,1-2H3. The lowest BCUT2D eigenvalue weighted by molar-refractivity contribution is 0.187. The zero-order chi connectivity index (χ0) is 9.97. The van der Waals surface area contributed by atoms with E-state index >= 15 is 0 Å². The molecule has 4 nitrogen and oxygen atoms in total. The van der Waals surface area contributed by atoms with E-state index in [1.807, 2.05) is 10.9 Å². The van der Waals surface area contributed by atoms with Crippen molar-refractivity contribution in [2.45, 2.75) is 39.0 Å². The molecule has 1 aromatic rings. The third-order valence-corrected chi connectivity index (χ3v) is 2.40. The van der Waals surface area contributed by atoms with Crippen LogP contribution in [0.1, 0.15) is 32.7 Å². The second kappa shape index (κ2) is 4.00. The average molecular weight is 195 g/mol. The lowest BCUT2D eigenvalue weighted by Crippen LogP contribution is -2.27. The van der Waals surface area contributed by atoms with Gasteiger partial charge in [0.1, 0.15) is 6.23 Å². The van der Waals surface area contributed by atoms with Crippen molar-refractivity contribution < 1.29 is 4.74 Å². The number of hydrogen-bond donors (Lipinski definition) is 1. The molecule has 0 bridgehead atoms. The van der Waals surface area contributed by atoms with Gasteiger partial charge in [-0.1, -0.05) is 0 Å². The van der Waals surface area contributed by atoms with Crippen LogP contribution in [-0.4, -0.2) is 22.6 Å². The molecule has 0 aromatic carbocycles. The van der Waals surface area contributed by atoms with Gasteiger partial charge in [-0.05, 0) is 33.2 Å². The molecule has 1 fully saturated rings. The summed E-state index contributed by atoms with van der Waals surface area (Å²) in [4.78, 5) is 0. The number of hydrogen-bond acceptors (Lipinski definition) is 3. The molecule has 1 saturated heterocycles. The average Bonchev–Trinajstić information content (AvgIpc) is 2.75. The second-order valence-electron chi connectivity index (χ2n) is 3.95. The Balaban J connectivity index is 1.95. The van der Waals surface area contributed by atoms with Gasteiger partial charge in [0.25, 0.3) is 0 Å². The van der Waals surface area contributed by atoms with Crippen LogP contribution in [0.25, 0.3) is 0 Å². The molecule has 1 aliphatic heterocycles. The number of aromatic nitrogens is 2. The summed E-state index contributed by atoms with van der Waals surface area (Å²) < 4.78 is 7.62. The van der Waals surface area contributed by atoms with Gasteiger partial charge in [-0.25, -0.2) is 0 Å². The summed E-state index contributed by atoms with van der Waals surface area (Å²) in [5, 5.41) is 7.51. The Kier molecular flexibility index (Phi) is 2.72. The van der Waals surface area contributed by atoms with Crippen molar-refractivity contribution >= 4 is 0 Å². The summed E-state index contributed by atoms with van der Waals surface area (Å²) in [6.45, 7) is 5.26. The molecule has 0 spiro atoms. The fourth-order valence-corrected chi connectivity index (χ4v) is 1.58. The van der Waals surface area contributed by atoms with Crippen molar-refractivity contribution in [1.82, 2.24) is 15.1 Å². The molecule has 1 unspecified atom stereocenters. The third kappa shape index (κ3) is 2.07. The number of nitrogens with one attached hydrogen (secondary N) is 1. The molecule has 1 aliphatic rings. The SMILES string of the molecule is CC(C)n1cc(OC2CCCN2)cn1. The lowest BCUT2D eigenvalue weighted by atomic mass is 10.4. The normalized spacial score (nSPS) is 21.8. The zero-order valence-electron chi connectivity index (χ0n) is 8.73. The number of rotatable bonds is 3. The Hall–Kier alpha value is -1.03. The minimum atomic E-state index is 0.180. The fraction of sp³-hybridized carbons (Fsp3) is 0.700. The molecule has 0 saturated carbocycles. The van der Waals surface area contributed by atoms with Crippen molar-refractivity contribution in [2.75, 3.05) is 6.54 Å². The van der Waals surface area contributed by atoms with Gasteiger partial charge < -0.3 is 4.74 Å². The maximum atomic E-state index is 5.71. The Morgan fingerprint density at radius 1 is 1.64 bits per heavy atom. The quantitative estimate of drug-likeness (QED) is 0.795. The summed E-state index contributed by atoms with van der Waals surface area (Å²) in [6.07, 6.45) is 6.19. The molecule has 1 aromatic heterocycles. The van der Waals surface area contributed by atoms with Crippen LogP contribution in [0, 0.1) is 0 Å². The van der Waals surface area contributed by atoms with E-state index in [1.54, 1.807) is 6.20 Å². The van der Waals surface area contributed by atoms with Crippen LogP contribution in [0.15, 0.2) is 12.4 Å². The number of nitrogens with zero attached hydrogens (tertiary/aromatic N) is 2. The Morgan fingerprint density at radius 2 is 2.50 bits per heavy atom. The largest absolute Gasteiger partial charge is 0.472 e. The van der Waals surface area contributed by atoms with Gasteiger partial charge in [0.05, 0.1) is 12.4 Å². The first-order valence-corrected chi connectivity index (χ1v) is 5.20. The Morgan fingerprint density at radius 3 is 3.07 bits per heavy atom. The van der Waals surface area contributed by atoms with Crippen molar-refractivity contribution in [3.63, 3.8) is 0 Å². The zero-order valence-corrected chi connectivity index (χ0v) is 8.73. The van der Waals surface area contributed by atoms with Crippen LogP contribution >= 0.6 is 0 Å². The minimum Gasteiger partial charge on any atom is -0.472 e. The smallest absolute Gasteiger partial charge is 0.159 e. The molecule has 14 heavy (non-hydrogen) atoms. The lowest BCUT2D eigenvalue weighted by Gasteiger charge is -2.11. The molecule has 0 radical (unpaired) electrons. The summed E-state index contributed by atoms with van der Waals surface area (Å²) in [7, 11) is 0. The van der Waals surface area contributed by atoms with Gasteiger partial charge in [0.15, 0.2) is 5.75 Å². The monoisotopic (exact) mass is 195 g/mol. The molecule has 0 amide bonds. The molecule has 1 N–H and O–H groups in total. The van der Waals surface area contributed by atoms with E-state index in [9.17, 15) is 0 Å². The summed E-state index contributed by atoms with van der Waals surface area (Å²) in [6, 6.07) is 0.392. The maximum absolute atomic E-state index is 5.71. The topological polar surface area (TPSA) is 39.1 Å². The number of ether oxygens (including phenoxy) is 1. The predicted molar refractivity (Wildman–Crippen MR) is 54.3 cm³/mol. The van der Waals surface area contributed by atoms with E-state index in [4.69, 9.17) is 4.74 Å². The van der Waals surface area contributed by atoms with Crippen molar-refractivity contribution in [3.8, 4) is 5.75 Å². The van der Waals surface area contributed by atoms with E-state index in [-0.39, 0.29) is 6.23 Å².